The highest BCUT2D eigenvalue weighted by Gasteiger charge is 2.13. The molecule has 1 heterocycles. The molecular weight excluding hydrogens is 262 g/mol. The van der Waals surface area contributed by atoms with E-state index in [-0.39, 0.29) is 24.7 Å². The summed E-state index contributed by atoms with van der Waals surface area (Å²) in [4.78, 5) is 33.9. The predicted molar refractivity (Wildman–Crippen MR) is 72.2 cm³/mol. The molecule has 0 fully saturated rings. The maximum atomic E-state index is 11.8. The maximum Gasteiger partial charge on any atom is 0.323 e. The second kappa shape index (κ2) is 7.32. The van der Waals surface area contributed by atoms with Gasteiger partial charge >= 0.3 is 5.97 Å². The smallest absolute Gasteiger partial charge is 0.323 e. The molecule has 0 aliphatic carbocycles. The highest BCUT2D eigenvalue weighted by Crippen LogP contribution is 2.02. The fraction of sp³-hybridized carbons (Fsp3) is 0.462. The third-order valence-corrected chi connectivity index (χ3v) is 2.48. The molecular formula is C13H19N3O4. The Morgan fingerprint density at radius 3 is 2.60 bits per heavy atom. The standard InChI is InChI=1S/C13H19N3O4/c1-9(2)6-14-11(17)7-15-13(20)10-4-3-5-16(10)8-12(18)19/h3-5,9H,6-8H2,1-2H3,(H,14,17)(H,15,20)(H,18,19). The molecule has 0 saturated carbocycles. The van der Waals surface area contributed by atoms with Crippen LogP contribution in [-0.2, 0) is 16.1 Å². The fourth-order valence-corrected chi connectivity index (χ4v) is 1.54. The van der Waals surface area contributed by atoms with Crippen molar-refractivity contribution in [1.29, 1.82) is 0 Å². The van der Waals surface area contributed by atoms with Crippen LogP contribution in [0.5, 0.6) is 0 Å². The number of nitrogens with zero attached hydrogens (tertiary/aromatic N) is 1. The zero-order valence-electron chi connectivity index (χ0n) is 11.5. The average molecular weight is 281 g/mol. The lowest BCUT2D eigenvalue weighted by molar-refractivity contribution is -0.137. The summed E-state index contributed by atoms with van der Waals surface area (Å²) in [5.74, 6) is -1.45. The van der Waals surface area contributed by atoms with Crippen LogP contribution in [-0.4, -0.2) is 40.5 Å². The Labute approximate surface area is 117 Å². The molecule has 1 aromatic heterocycles. The van der Waals surface area contributed by atoms with E-state index in [1.807, 2.05) is 13.8 Å². The largest absolute Gasteiger partial charge is 0.480 e. The number of aliphatic carboxylic acids is 1. The number of hydrogen-bond donors (Lipinski definition) is 3. The molecule has 0 radical (unpaired) electrons. The van der Waals surface area contributed by atoms with Gasteiger partial charge in [0.1, 0.15) is 12.2 Å². The molecule has 7 nitrogen and oxygen atoms in total. The van der Waals surface area contributed by atoms with Crippen molar-refractivity contribution in [3.8, 4) is 0 Å². The lowest BCUT2D eigenvalue weighted by Crippen LogP contribution is -2.38. The summed E-state index contributed by atoms with van der Waals surface area (Å²) in [5, 5.41) is 13.8. The van der Waals surface area contributed by atoms with Crippen molar-refractivity contribution >= 4 is 17.8 Å². The normalized spacial score (nSPS) is 10.3. The Kier molecular flexibility index (Phi) is 5.76. The summed E-state index contributed by atoms with van der Waals surface area (Å²) in [7, 11) is 0. The van der Waals surface area contributed by atoms with Gasteiger partial charge in [-0.1, -0.05) is 13.8 Å². The van der Waals surface area contributed by atoms with Crippen LogP contribution in [0.1, 0.15) is 24.3 Å². The first kappa shape index (κ1) is 15.7. The fourth-order valence-electron chi connectivity index (χ4n) is 1.54. The van der Waals surface area contributed by atoms with Crippen molar-refractivity contribution < 1.29 is 19.5 Å². The number of carbonyl (C=O) groups is 3. The quantitative estimate of drug-likeness (QED) is 0.658. The first-order valence-electron chi connectivity index (χ1n) is 6.32. The monoisotopic (exact) mass is 281 g/mol. The molecule has 0 aromatic carbocycles. The topological polar surface area (TPSA) is 100 Å². The SMILES string of the molecule is CC(C)CNC(=O)CNC(=O)c1cccn1CC(=O)O. The van der Waals surface area contributed by atoms with Gasteiger partial charge < -0.3 is 20.3 Å². The number of rotatable bonds is 7. The summed E-state index contributed by atoms with van der Waals surface area (Å²) in [5.41, 5.74) is 0.212. The van der Waals surface area contributed by atoms with Gasteiger partial charge in [-0.2, -0.15) is 0 Å². The molecule has 0 aliphatic rings. The van der Waals surface area contributed by atoms with Gasteiger partial charge in [0, 0.05) is 12.7 Å². The van der Waals surface area contributed by atoms with Gasteiger partial charge in [0.15, 0.2) is 0 Å². The third kappa shape index (κ3) is 5.13. The van der Waals surface area contributed by atoms with E-state index in [9.17, 15) is 14.4 Å². The minimum atomic E-state index is -1.04. The second-order valence-electron chi connectivity index (χ2n) is 4.80. The zero-order chi connectivity index (χ0) is 15.1. The van der Waals surface area contributed by atoms with Crippen LogP contribution in [0.15, 0.2) is 18.3 Å². The first-order valence-corrected chi connectivity index (χ1v) is 6.32. The Morgan fingerprint density at radius 1 is 1.30 bits per heavy atom. The van der Waals surface area contributed by atoms with E-state index in [4.69, 9.17) is 5.11 Å². The number of amides is 2. The molecule has 7 heteroatoms. The lowest BCUT2D eigenvalue weighted by Gasteiger charge is -2.09. The Hall–Kier alpha value is -2.31. The van der Waals surface area contributed by atoms with E-state index in [1.54, 1.807) is 6.07 Å². The molecule has 110 valence electrons. The molecule has 0 saturated heterocycles. The average Bonchev–Trinajstić information content (AvgIpc) is 2.80. The van der Waals surface area contributed by atoms with Gasteiger partial charge in [-0.25, -0.2) is 0 Å². The molecule has 1 rings (SSSR count). The van der Waals surface area contributed by atoms with Crippen LogP contribution < -0.4 is 10.6 Å². The van der Waals surface area contributed by atoms with Crippen LogP contribution in [0.4, 0.5) is 0 Å². The van der Waals surface area contributed by atoms with E-state index in [2.05, 4.69) is 10.6 Å². The zero-order valence-corrected chi connectivity index (χ0v) is 11.5. The van der Waals surface area contributed by atoms with Gasteiger partial charge in [-0.15, -0.1) is 0 Å². The van der Waals surface area contributed by atoms with Gasteiger partial charge in [0.05, 0.1) is 6.54 Å². The van der Waals surface area contributed by atoms with Crippen molar-refractivity contribution in [3.63, 3.8) is 0 Å². The van der Waals surface area contributed by atoms with Gasteiger partial charge in [0.2, 0.25) is 5.91 Å². The van der Waals surface area contributed by atoms with E-state index < -0.39 is 11.9 Å². The molecule has 3 N–H and O–H groups in total. The van der Waals surface area contributed by atoms with Gasteiger partial charge in [-0.05, 0) is 18.1 Å². The van der Waals surface area contributed by atoms with E-state index in [1.165, 1.54) is 16.8 Å². The molecule has 20 heavy (non-hydrogen) atoms. The molecule has 0 bridgehead atoms. The molecule has 2 amide bonds. The van der Waals surface area contributed by atoms with Gasteiger partial charge in [0.25, 0.3) is 5.91 Å². The minimum Gasteiger partial charge on any atom is -0.480 e. The highest BCUT2D eigenvalue weighted by atomic mass is 16.4. The molecule has 0 spiro atoms. The van der Waals surface area contributed by atoms with Crippen LogP contribution in [0.25, 0.3) is 0 Å². The molecule has 1 aromatic rings. The molecule has 0 atom stereocenters. The lowest BCUT2D eigenvalue weighted by atomic mass is 10.2. The summed E-state index contributed by atoms with van der Waals surface area (Å²) >= 11 is 0. The minimum absolute atomic E-state index is 0.135. The van der Waals surface area contributed by atoms with E-state index in [0.717, 1.165) is 0 Å². The molecule has 0 unspecified atom stereocenters. The van der Waals surface area contributed by atoms with Crippen LogP contribution in [0, 0.1) is 5.92 Å². The number of aromatic nitrogens is 1. The second-order valence-corrected chi connectivity index (χ2v) is 4.80. The van der Waals surface area contributed by atoms with Crippen LogP contribution >= 0.6 is 0 Å². The van der Waals surface area contributed by atoms with Gasteiger partial charge in [-0.3, -0.25) is 14.4 Å². The van der Waals surface area contributed by atoms with E-state index >= 15 is 0 Å². The first-order chi connectivity index (χ1) is 9.40. The van der Waals surface area contributed by atoms with Crippen molar-refractivity contribution in [3.05, 3.63) is 24.0 Å². The number of carboxylic acids is 1. The number of carboxylic acid groups (broad SMARTS) is 1. The number of nitrogens with one attached hydrogen (secondary N) is 2. The summed E-state index contributed by atoms with van der Waals surface area (Å²) in [6, 6.07) is 3.08. The Bertz CT molecular complexity index is 494. The Balaban J connectivity index is 2.49. The third-order valence-electron chi connectivity index (χ3n) is 2.48. The van der Waals surface area contributed by atoms with Crippen molar-refractivity contribution in [1.82, 2.24) is 15.2 Å². The predicted octanol–water partition coefficient (Wildman–Crippen LogP) is 0.0747. The van der Waals surface area contributed by atoms with Crippen molar-refractivity contribution in [2.75, 3.05) is 13.1 Å². The van der Waals surface area contributed by atoms with Crippen LogP contribution in [0.2, 0.25) is 0 Å². The van der Waals surface area contributed by atoms with Crippen molar-refractivity contribution in [2.45, 2.75) is 20.4 Å². The highest BCUT2D eigenvalue weighted by molar-refractivity contribution is 5.95. The summed E-state index contributed by atoms with van der Waals surface area (Å²) < 4.78 is 1.31. The van der Waals surface area contributed by atoms with Crippen LogP contribution in [0.3, 0.4) is 0 Å². The molecule has 0 aliphatic heterocycles. The van der Waals surface area contributed by atoms with E-state index in [0.29, 0.717) is 12.5 Å². The summed E-state index contributed by atoms with van der Waals surface area (Å²) in [6.45, 7) is 4.05. The summed E-state index contributed by atoms with van der Waals surface area (Å²) in [6.07, 6.45) is 1.50. The number of carbonyl (C=O) groups excluding carboxylic acids is 2. The Morgan fingerprint density at radius 2 is 2.00 bits per heavy atom. The number of hydrogen-bond acceptors (Lipinski definition) is 3. The van der Waals surface area contributed by atoms with Crippen molar-refractivity contribution in [2.24, 2.45) is 5.92 Å². The maximum absolute atomic E-state index is 11.8.